The van der Waals surface area contributed by atoms with E-state index < -0.39 is 10.7 Å². The predicted molar refractivity (Wildman–Crippen MR) is 70.2 cm³/mol. The van der Waals surface area contributed by atoms with Crippen molar-refractivity contribution in [1.82, 2.24) is 4.98 Å². The van der Waals surface area contributed by atoms with E-state index in [-0.39, 0.29) is 18.0 Å². The topological polar surface area (TPSA) is 101 Å². The van der Waals surface area contributed by atoms with Crippen molar-refractivity contribution in [1.29, 1.82) is 0 Å². The van der Waals surface area contributed by atoms with Gasteiger partial charge in [0.15, 0.2) is 17.0 Å². The summed E-state index contributed by atoms with van der Waals surface area (Å²) >= 11 is 0. The smallest absolute Gasteiger partial charge is 0.391 e. The van der Waals surface area contributed by atoms with Crippen molar-refractivity contribution in [2.24, 2.45) is 0 Å². The molecule has 0 fully saturated rings. The first kappa shape index (κ1) is 13.0. The molecular weight excluding hydrogens is 250 g/mol. The average Bonchev–Trinajstić information content (AvgIpc) is 2.40. The second-order valence-electron chi connectivity index (χ2n) is 3.79. The number of benzene rings is 1. The first-order valence-corrected chi connectivity index (χ1v) is 5.59. The molecule has 2 rings (SSSR count). The molecule has 1 aromatic carbocycles. The Bertz CT molecular complexity index is 615. The van der Waals surface area contributed by atoms with Crippen molar-refractivity contribution in [3.63, 3.8) is 0 Å². The highest BCUT2D eigenvalue weighted by Crippen LogP contribution is 2.36. The van der Waals surface area contributed by atoms with E-state index in [9.17, 15) is 10.1 Å². The summed E-state index contributed by atoms with van der Waals surface area (Å²) in [7, 11) is 1.54. The summed E-state index contributed by atoms with van der Waals surface area (Å²) in [6.07, 6.45) is 0. The Hall–Kier alpha value is -2.41. The molecule has 1 aromatic heterocycles. The van der Waals surface area contributed by atoms with Crippen LogP contribution >= 0.6 is 0 Å². The number of fused-ring (bicyclic) bond motifs is 1. The first-order valence-electron chi connectivity index (χ1n) is 5.59. The quantitative estimate of drug-likeness (QED) is 0.501. The van der Waals surface area contributed by atoms with Crippen LogP contribution in [0.1, 0.15) is 0 Å². The van der Waals surface area contributed by atoms with E-state index in [1.807, 2.05) is 0 Å². The summed E-state index contributed by atoms with van der Waals surface area (Å²) in [5.74, 6) is -0.125. The molecule has 0 unspecified atom stereocenters. The van der Waals surface area contributed by atoms with Gasteiger partial charge in [0.2, 0.25) is 0 Å². The molecular formula is C12H13N3O4. The Kier molecular flexibility index (Phi) is 3.76. The monoisotopic (exact) mass is 263 g/mol. The molecule has 100 valence electrons. The molecule has 0 saturated carbocycles. The lowest BCUT2D eigenvalue weighted by molar-refractivity contribution is -0.388. The van der Waals surface area contributed by atoms with Crippen LogP contribution in [0.25, 0.3) is 10.9 Å². The van der Waals surface area contributed by atoms with E-state index in [0.29, 0.717) is 17.5 Å². The van der Waals surface area contributed by atoms with Crippen molar-refractivity contribution in [2.75, 3.05) is 26.1 Å². The van der Waals surface area contributed by atoms with Gasteiger partial charge in [0.1, 0.15) is 6.61 Å². The van der Waals surface area contributed by atoms with Crippen molar-refractivity contribution >= 4 is 22.4 Å². The minimum atomic E-state index is -0.620. The third-order valence-corrected chi connectivity index (χ3v) is 2.57. The number of nitro groups is 1. The zero-order valence-corrected chi connectivity index (χ0v) is 10.3. The fourth-order valence-electron chi connectivity index (χ4n) is 1.71. The van der Waals surface area contributed by atoms with Gasteiger partial charge in [-0.1, -0.05) is 12.1 Å². The zero-order chi connectivity index (χ0) is 13.8. The second-order valence-corrected chi connectivity index (χ2v) is 3.79. The average molecular weight is 263 g/mol. The minimum Gasteiger partial charge on any atom is -0.488 e. The number of hydrogen-bond acceptors (Lipinski definition) is 6. The molecule has 0 bridgehead atoms. The fourth-order valence-corrected chi connectivity index (χ4v) is 1.71. The maximum Gasteiger partial charge on any atom is 0.391 e. The molecule has 7 heteroatoms. The third-order valence-electron chi connectivity index (χ3n) is 2.57. The largest absolute Gasteiger partial charge is 0.488 e. The van der Waals surface area contributed by atoms with Gasteiger partial charge >= 0.3 is 5.82 Å². The Labute approximate surface area is 109 Å². The van der Waals surface area contributed by atoms with E-state index in [4.69, 9.17) is 15.2 Å². The van der Waals surface area contributed by atoms with Crippen molar-refractivity contribution in [2.45, 2.75) is 0 Å². The number of aromatic nitrogens is 1. The molecule has 2 aromatic rings. The number of ether oxygens (including phenoxy) is 2. The Morgan fingerprint density at radius 2 is 2.11 bits per heavy atom. The van der Waals surface area contributed by atoms with Crippen LogP contribution in [0.4, 0.5) is 11.5 Å². The van der Waals surface area contributed by atoms with Crippen LogP contribution in [0.15, 0.2) is 24.3 Å². The van der Waals surface area contributed by atoms with E-state index in [2.05, 4.69) is 4.98 Å². The van der Waals surface area contributed by atoms with Crippen molar-refractivity contribution in [3.8, 4) is 5.75 Å². The maximum atomic E-state index is 10.9. The van der Waals surface area contributed by atoms with Gasteiger partial charge in [0, 0.05) is 7.11 Å². The first-order chi connectivity index (χ1) is 9.15. The Morgan fingerprint density at radius 1 is 1.37 bits per heavy atom. The van der Waals surface area contributed by atoms with Gasteiger partial charge in [-0.25, -0.2) is 0 Å². The van der Waals surface area contributed by atoms with Crippen molar-refractivity contribution < 1.29 is 14.4 Å². The number of para-hydroxylation sites is 1. The van der Waals surface area contributed by atoms with Gasteiger partial charge in [0.05, 0.1) is 12.0 Å². The molecule has 0 atom stereocenters. The Balaban J connectivity index is 2.56. The summed E-state index contributed by atoms with van der Waals surface area (Å²) in [6, 6.07) is 6.96. The molecule has 1 heterocycles. The molecule has 19 heavy (non-hydrogen) atoms. The molecule has 0 radical (unpaired) electrons. The lowest BCUT2D eigenvalue weighted by Crippen LogP contribution is -2.08. The standard InChI is InChI=1S/C12H13N3O4/c1-18-6-7-19-11-8-4-2-3-5-9(8)14-12(10(11)13)15(16)17/h2-5H,6-7,13H2,1H3. The van der Waals surface area contributed by atoms with E-state index >= 15 is 0 Å². The van der Waals surface area contributed by atoms with Crippen molar-refractivity contribution in [3.05, 3.63) is 34.4 Å². The molecule has 0 spiro atoms. The molecule has 7 nitrogen and oxygen atoms in total. The van der Waals surface area contributed by atoms with Crippen LogP contribution in [-0.2, 0) is 4.74 Å². The summed E-state index contributed by atoms with van der Waals surface area (Å²) in [5, 5.41) is 11.6. The van der Waals surface area contributed by atoms with Crippen LogP contribution < -0.4 is 10.5 Å². The lowest BCUT2D eigenvalue weighted by atomic mass is 10.2. The molecule has 2 N–H and O–H groups in total. The number of anilines is 1. The number of rotatable bonds is 5. The number of hydrogen-bond donors (Lipinski definition) is 1. The number of nitrogen functional groups attached to an aromatic ring is 1. The van der Waals surface area contributed by atoms with Crippen LogP contribution in [-0.4, -0.2) is 30.2 Å². The highest BCUT2D eigenvalue weighted by atomic mass is 16.6. The van der Waals surface area contributed by atoms with Gasteiger partial charge in [0.25, 0.3) is 0 Å². The minimum absolute atomic E-state index is 0.0696. The number of nitrogens with two attached hydrogens (primary N) is 1. The van der Waals surface area contributed by atoms with Gasteiger partial charge in [-0.3, -0.25) is 0 Å². The number of pyridine rings is 1. The van der Waals surface area contributed by atoms with Crippen LogP contribution in [0.2, 0.25) is 0 Å². The summed E-state index contributed by atoms with van der Waals surface area (Å²) in [5.41, 5.74) is 6.16. The molecule has 0 aliphatic heterocycles. The van der Waals surface area contributed by atoms with E-state index in [0.717, 1.165) is 0 Å². The highest BCUT2D eigenvalue weighted by molar-refractivity contribution is 5.92. The van der Waals surface area contributed by atoms with Gasteiger partial charge < -0.3 is 25.3 Å². The molecule has 0 aliphatic rings. The van der Waals surface area contributed by atoms with Crippen LogP contribution in [0.5, 0.6) is 5.75 Å². The van der Waals surface area contributed by atoms with E-state index in [1.165, 1.54) is 0 Å². The lowest BCUT2D eigenvalue weighted by Gasteiger charge is -2.10. The normalized spacial score (nSPS) is 10.6. The number of methoxy groups -OCH3 is 1. The molecule has 0 aliphatic carbocycles. The maximum absolute atomic E-state index is 10.9. The second kappa shape index (κ2) is 5.49. The molecule has 0 amide bonds. The number of nitrogens with zero attached hydrogens (tertiary/aromatic N) is 2. The van der Waals surface area contributed by atoms with Gasteiger partial charge in [-0.2, -0.15) is 0 Å². The van der Waals surface area contributed by atoms with Crippen LogP contribution in [0.3, 0.4) is 0 Å². The van der Waals surface area contributed by atoms with Crippen LogP contribution in [0, 0.1) is 10.1 Å². The van der Waals surface area contributed by atoms with Gasteiger partial charge in [-0.15, -0.1) is 0 Å². The fraction of sp³-hybridized carbons (Fsp3) is 0.250. The summed E-state index contributed by atoms with van der Waals surface area (Å²) in [6.45, 7) is 0.621. The Morgan fingerprint density at radius 3 is 2.79 bits per heavy atom. The highest BCUT2D eigenvalue weighted by Gasteiger charge is 2.22. The van der Waals surface area contributed by atoms with Gasteiger partial charge in [-0.05, 0) is 22.0 Å². The zero-order valence-electron chi connectivity index (χ0n) is 10.3. The summed E-state index contributed by atoms with van der Waals surface area (Å²) in [4.78, 5) is 14.2. The summed E-state index contributed by atoms with van der Waals surface area (Å²) < 4.78 is 10.4. The SMILES string of the molecule is COCCOc1c(N)c([N+](=O)[O-])nc2ccccc12. The van der Waals surface area contributed by atoms with E-state index in [1.54, 1.807) is 31.4 Å². The predicted octanol–water partition coefficient (Wildman–Crippen LogP) is 1.75. The molecule has 0 saturated heterocycles. The third kappa shape index (κ3) is 2.55.